The summed E-state index contributed by atoms with van der Waals surface area (Å²) in [5, 5.41) is 15.0. The molecule has 2 rings (SSSR count). The topological polar surface area (TPSA) is 166 Å². The van der Waals surface area contributed by atoms with Gasteiger partial charge in [0.25, 0.3) is 5.91 Å². The summed E-state index contributed by atoms with van der Waals surface area (Å²) in [4.78, 5) is 57.0. The van der Waals surface area contributed by atoms with Crippen molar-refractivity contribution >= 4 is 35.5 Å². The molecular formula is C12H11N5O6. The Labute approximate surface area is 128 Å². The Morgan fingerprint density at radius 3 is 2.30 bits per heavy atom. The van der Waals surface area contributed by atoms with Gasteiger partial charge in [0.1, 0.15) is 5.75 Å². The van der Waals surface area contributed by atoms with E-state index in [9.17, 15) is 29.1 Å². The van der Waals surface area contributed by atoms with Crippen LogP contribution in [0.5, 0.6) is 5.75 Å². The number of imide groups is 2. The number of hydrogen-bond acceptors (Lipinski definition) is 6. The van der Waals surface area contributed by atoms with Crippen LogP contribution in [0.1, 0.15) is 0 Å². The van der Waals surface area contributed by atoms with Gasteiger partial charge in [-0.2, -0.15) is 0 Å². The van der Waals surface area contributed by atoms with E-state index in [1.54, 1.807) is 10.6 Å². The van der Waals surface area contributed by atoms with Crippen LogP contribution in [0.25, 0.3) is 0 Å². The maximum atomic E-state index is 11.7. The van der Waals surface area contributed by atoms with E-state index in [4.69, 9.17) is 0 Å². The first-order valence-electron chi connectivity index (χ1n) is 6.18. The molecule has 1 saturated heterocycles. The highest BCUT2D eigenvalue weighted by atomic mass is 16.3. The molecule has 1 aromatic rings. The molecule has 7 amide bonds. The van der Waals surface area contributed by atoms with E-state index < -0.39 is 35.7 Å². The number of rotatable bonds is 2. The molecule has 1 aliphatic heterocycles. The van der Waals surface area contributed by atoms with Crippen molar-refractivity contribution in [2.24, 2.45) is 5.92 Å². The number of hydrogen-bond donors (Lipinski definition) is 6. The molecule has 0 radical (unpaired) electrons. The summed E-state index contributed by atoms with van der Waals surface area (Å²) in [6.07, 6.45) is 0. The minimum Gasteiger partial charge on any atom is -0.508 e. The Balaban J connectivity index is 1.88. The molecule has 1 fully saturated rings. The van der Waals surface area contributed by atoms with Gasteiger partial charge in [0.2, 0.25) is 11.8 Å². The summed E-state index contributed by atoms with van der Waals surface area (Å²) in [5.74, 6) is -5.22. The van der Waals surface area contributed by atoms with E-state index in [1.807, 2.05) is 10.9 Å². The second-order valence-corrected chi connectivity index (χ2v) is 4.36. The maximum Gasteiger partial charge on any atom is 0.337 e. The van der Waals surface area contributed by atoms with E-state index >= 15 is 0 Å². The van der Waals surface area contributed by atoms with Crippen molar-refractivity contribution in [1.82, 2.24) is 21.5 Å². The highest BCUT2D eigenvalue weighted by Gasteiger charge is 2.40. The van der Waals surface area contributed by atoms with Crippen molar-refractivity contribution in [3.05, 3.63) is 24.3 Å². The minimum absolute atomic E-state index is 0.0768. The number of phenols is 1. The molecule has 1 aliphatic rings. The van der Waals surface area contributed by atoms with Crippen LogP contribution in [0.3, 0.4) is 0 Å². The normalized spacial score (nSPS) is 14.5. The minimum atomic E-state index is -1.81. The molecule has 0 unspecified atom stereocenters. The number of phenolic OH excluding ortho intramolecular Hbond substituents is 1. The molecular weight excluding hydrogens is 310 g/mol. The van der Waals surface area contributed by atoms with Gasteiger partial charge in [0.15, 0.2) is 5.92 Å². The third-order valence-electron chi connectivity index (χ3n) is 2.66. The average molecular weight is 321 g/mol. The monoisotopic (exact) mass is 321 g/mol. The quantitative estimate of drug-likeness (QED) is 0.287. The molecule has 11 heteroatoms. The molecule has 1 aromatic carbocycles. The molecule has 120 valence electrons. The zero-order valence-electron chi connectivity index (χ0n) is 11.4. The Morgan fingerprint density at radius 2 is 1.70 bits per heavy atom. The number of carbonyl (C=O) groups excluding carboxylic acids is 5. The summed E-state index contributed by atoms with van der Waals surface area (Å²) in [5.41, 5.74) is 4.04. The van der Waals surface area contributed by atoms with Gasteiger partial charge in [-0.1, -0.05) is 6.07 Å². The lowest BCUT2D eigenvalue weighted by Crippen LogP contribution is -2.61. The molecule has 0 spiro atoms. The number of carbonyl (C=O) groups is 5. The average Bonchev–Trinajstić information content (AvgIpc) is 2.44. The summed E-state index contributed by atoms with van der Waals surface area (Å²) >= 11 is 0. The van der Waals surface area contributed by atoms with Crippen LogP contribution in [-0.4, -0.2) is 34.9 Å². The number of hydrazine groups is 1. The fraction of sp³-hybridized carbons (Fsp3) is 0.0833. The van der Waals surface area contributed by atoms with Gasteiger partial charge >= 0.3 is 12.1 Å². The highest BCUT2D eigenvalue weighted by molar-refractivity contribution is 6.26. The number of nitrogens with one attached hydrogen (secondary N) is 5. The number of amides is 7. The molecule has 23 heavy (non-hydrogen) atoms. The fourth-order valence-electron chi connectivity index (χ4n) is 1.69. The second kappa shape index (κ2) is 6.43. The third kappa shape index (κ3) is 3.93. The first kappa shape index (κ1) is 15.8. The van der Waals surface area contributed by atoms with E-state index in [0.717, 1.165) is 0 Å². The van der Waals surface area contributed by atoms with Gasteiger partial charge in [-0.25, -0.2) is 15.0 Å². The Morgan fingerprint density at radius 1 is 1.04 bits per heavy atom. The van der Waals surface area contributed by atoms with Crippen molar-refractivity contribution in [3.63, 3.8) is 0 Å². The van der Waals surface area contributed by atoms with Crippen LogP contribution in [0.2, 0.25) is 0 Å². The van der Waals surface area contributed by atoms with Crippen LogP contribution in [-0.2, 0) is 14.4 Å². The van der Waals surface area contributed by atoms with Crippen LogP contribution in [0.15, 0.2) is 24.3 Å². The summed E-state index contributed by atoms with van der Waals surface area (Å²) in [7, 11) is 0. The van der Waals surface area contributed by atoms with Gasteiger partial charge in [-0.15, -0.1) is 0 Å². The fourth-order valence-corrected chi connectivity index (χ4v) is 1.69. The number of benzene rings is 1. The van der Waals surface area contributed by atoms with Gasteiger partial charge in [0.05, 0.1) is 0 Å². The van der Waals surface area contributed by atoms with Crippen molar-refractivity contribution in [2.75, 3.05) is 5.32 Å². The predicted octanol–water partition coefficient (Wildman–Crippen LogP) is -1.47. The van der Waals surface area contributed by atoms with E-state index in [2.05, 4.69) is 5.32 Å². The highest BCUT2D eigenvalue weighted by Crippen LogP contribution is 2.14. The van der Waals surface area contributed by atoms with Gasteiger partial charge < -0.3 is 10.4 Å². The molecule has 0 atom stereocenters. The Hall–Kier alpha value is -3.63. The molecule has 1 heterocycles. The largest absolute Gasteiger partial charge is 0.508 e. The second-order valence-electron chi connectivity index (χ2n) is 4.36. The number of aromatic hydroxyl groups is 1. The lowest BCUT2D eigenvalue weighted by Gasteiger charge is -2.20. The molecule has 0 aromatic heterocycles. The lowest BCUT2D eigenvalue weighted by atomic mass is 10.1. The van der Waals surface area contributed by atoms with Crippen molar-refractivity contribution in [2.45, 2.75) is 0 Å². The number of anilines is 1. The van der Waals surface area contributed by atoms with Gasteiger partial charge in [-0.05, 0) is 12.1 Å². The molecule has 11 nitrogen and oxygen atoms in total. The molecule has 6 N–H and O–H groups in total. The van der Waals surface area contributed by atoms with Crippen LogP contribution >= 0.6 is 0 Å². The van der Waals surface area contributed by atoms with Crippen LogP contribution in [0.4, 0.5) is 15.3 Å². The summed E-state index contributed by atoms with van der Waals surface area (Å²) in [6.45, 7) is 0. The predicted molar refractivity (Wildman–Crippen MR) is 73.6 cm³/mol. The third-order valence-corrected chi connectivity index (χ3v) is 2.66. The first-order valence-corrected chi connectivity index (χ1v) is 6.18. The first-order chi connectivity index (χ1) is 10.9. The Kier molecular flexibility index (Phi) is 4.40. The van der Waals surface area contributed by atoms with E-state index in [-0.39, 0.29) is 11.4 Å². The van der Waals surface area contributed by atoms with Crippen molar-refractivity contribution < 1.29 is 29.1 Å². The molecule has 0 aliphatic carbocycles. The zero-order chi connectivity index (χ0) is 17.0. The standard InChI is InChI=1S/C12H11N5O6/c18-6-3-1-2-5(4-6)13-12(23)17-16-10(21)7-8(19)14-11(22)15-9(7)20/h1-4,7,18H,(H,16,21)(H2,13,17,23)(H2,14,15,19,20,22). The lowest BCUT2D eigenvalue weighted by molar-refractivity contribution is -0.143. The van der Waals surface area contributed by atoms with Crippen LogP contribution < -0.4 is 26.8 Å². The SMILES string of the molecule is O=C1NC(=O)C(C(=O)NNC(=O)Nc2cccc(O)c2)C(=O)N1. The maximum absolute atomic E-state index is 11.7. The number of urea groups is 2. The van der Waals surface area contributed by atoms with Crippen molar-refractivity contribution in [3.8, 4) is 5.75 Å². The smallest absolute Gasteiger partial charge is 0.337 e. The van der Waals surface area contributed by atoms with E-state index in [0.29, 0.717) is 0 Å². The van der Waals surface area contributed by atoms with Crippen molar-refractivity contribution in [1.29, 1.82) is 0 Å². The van der Waals surface area contributed by atoms with Gasteiger partial charge in [0, 0.05) is 11.8 Å². The Bertz CT molecular complexity index is 683. The zero-order valence-corrected chi connectivity index (χ0v) is 11.4. The van der Waals surface area contributed by atoms with E-state index in [1.165, 1.54) is 24.3 Å². The number of barbiturate groups is 1. The van der Waals surface area contributed by atoms with Gasteiger partial charge in [-0.3, -0.25) is 30.4 Å². The summed E-state index contributed by atoms with van der Waals surface area (Å²) in [6, 6.07) is 3.71. The molecule has 0 saturated carbocycles. The van der Waals surface area contributed by atoms with Crippen LogP contribution in [0, 0.1) is 5.92 Å². The molecule has 0 bridgehead atoms. The summed E-state index contributed by atoms with van der Waals surface area (Å²) < 4.78 is 0.